The minimum atomic E-state index is -3.78. The summed E-state index contributed by atoms with van der Waals surface area (Å²) in [6.45, 7) is 1.83. The second-order valence-electron chi connectivity index (χ2n) is 6.02. The second-order valence-corrected chi connectivity index (χ2v) is 8.88. The smallest absolute Gasteiger partial charge is 0.273 e. The van der Waals surface area contributed by atoms with Gasteiger partial charge in [0.05, 0.1) is 17.5 Å². The number of hydrazone groups is 1. The number of benzene rings is 1. The van der Waals surface area contributed by atoms with E-state index in [0.29, 0.717) is 11.3 Å². The number of nitrogens with zero attached hydrogens (tertiary/aromatic N) is 3. The van der Waals surface area contributed by atoms with Crippen LogP contribution in [0.25, 0.3) is 0 Å². The van der Waals surface area contributed by atoms with Gasteiger partial charge in [-0.15, -0.1) is 11.3 Å². The molecule has 3 aromatic rings. The summed E-state index contributed by atoms with van der Waals surface area (Å²) < 4.78 is 29.2. The fraction of sp³-hybridized carbons (Fsp3) is 0.105. The summed E-state index contributed by atoms with van der Waals surface area (Å²) in [6, 6.07) is 13.1. The molecule has 0 radical (unpaired) electrons. The highest BCUT2D eigenvalue weighted by Gasteiger charge is 2.19. The normalized spacial score (nSPS) is 11.3. The van der Waals surface area contributed by atoms with Crippen LogP contribution in [0.3, 0.4) is 0 Å². The summed E-state index contributed by atoms with van der Waals surface area (Å²) in [5, 5.41) is 14.7. The molecule has 29 heavy (non-hydrogen) atoms. The molecule has 0 aliphatic rings. The lowest BCUT2D eigenvalue weighted by atomic mass is 10.2. The van der Waals surface area contributed by atoms with Gasteiger partial charge in [-0.25, -0.2) is 13.8 Å². The van der Waals surface area contributed by atoms with Crippen molar-refractivity contribution in [2.45, 2.75) is 11.1 Å². The summed E-state index contributed by atoms with van der Waals surface area (Å²) in [4.78, 5) is 12.5. The van der Waals surface area contributed by atoms with E-state index in [1.807, 2.05) is 6.92 Å². The van der Waals surface area contributed by atoms with Gasteiger partial charge >= 0.3 is 0 Å². The number of nitriles is 1. The maximum atomic E-state index is 12.5. The van der Waals surface area contributed by atoms with Crippen molar-refractivity contribution in [1.29, 1.82) is 5.26 Å². The van der Waals surface area contributed by atoms with E-state index >= 15 is 0 Å². The van der Waals surface area contributed by atoms with E-state index in [9.17, 15) is 13.2 Å². The van der Waals surface area contributed by atoms with Crippen molar-refractivity contribution in [2.24, 2.45) is 12.1 Å². The zero-order valence-corrected chi connectivity index (χ0v) is 17.2. The van der Waals surface area contributed by atoms with Crippen LogP contribution in [0.1, 0.15) is 27.3 Å². The van der Waals surface area contributed by atoms with E-state index in [0.717, 1.165) is 17.0 Å². The van der Waals surface area contributed by atoms with Crippen LogP contribution in [0.2, 0.25) is 0 Å². The minimum Gasteiger partial charge on any atom is -0.339 e. The Hall–Kier alpha value is -3.42. The van der Waals surface area contributed by atoms with E-state index in [4.69, 9.17) is 5.26 Å². The number of hydrogen-bond acceptors (Lipinski definition) is 6. The van der Waals surface area contributed by atoms with E-state index < -0.39 is 15.9 Å². The Bertz CT molecular complexity index is 1220. The molecule has 10 heteroatoms. The molecule has 0 aliphatic heterocycles. The zero-order valence-electron chi connectivity index (χ0n) is 15.6. The third-order valence-corrected chi connectivity index (χ3v) is 7.00. The highest BCUT2D eigenvalue weighted by atomic mass is 32.2. The SMILES string of the molecule is Cc1c(/C=N\NC(=O)c2ccccc2NS(=O)(=O)c2cccs2)cc(C#N)n1C. The van der Waals surface area contributed by atoms with E-state index in [2.05, 4.69) is 21.3 Å². The number of amides is 1. The molecule has 1 amide bonds. The number of aromatic nitrogens is 1. The van der Waals surface area contributed by atoms with Crippen molar-refractivity contribution in [3.63, 3.8) is 0 Å². The molecule has 8 nitrogen and oxygen atoms in total. The monoisotopic (exact) mass is 427 g/mol. The number of sulfonamides is 1. The molecule has 1 aromatic carbocycles. The lowest BCUT2D eigenvalue weighted by Crippen LogP contribution is -2.21. The molecule has 0 saturated heterocycles. The number of thiophene rings is 1. The molecule has 2 N–H and O–H groups in total. The van der Waals surface area contributed by atoms with Gasteiger partial charge in [-0.1, -0.05) is 18.2 Å². The van der Waals surface area contributed by atoms with Crippen LogP contribution >= 0.6 is 11.3 Å². The fourth-order valence-electron chi connectivity index (χ4n) is 2.56. The summed E-state index contributed by atoms with van der Waals surface area (Å²) >= 11 is 1.08. The molecule has 0 spiro atoms. The van der Waals surface area contributed by atoms with Crippen LogP contribution in [-0.2, 0) is 17.1 Å². The lowest BCUT2D eigenvalue weighted by Gasteiger charge is -2.10. The molecule has 3 rings (SSSR count). The van der Waals surface area contributed by atoms with Gasteiger partial charge in [0.15, 0.2) is 0 Å². The number of carbonyl (C=O) groups excluding carboxylic acids is 1. The predicted molar refractivity (Wildman–Crippen MR) is 111 cm³/mol. The van der Waals surface area contributed by atoms with Crippen molar-refractivity contribution in [2.75, 3.05) is 4.72 Å². The number of anilines is 1. The molecule has 2 aromatic heterocycles. The van der Waals surface area contributed by atoms with E-state index in [-0.39, 0.29) is 15.5 Å². The first-order valence-electron chi connectivity index (χ1n) is 8.38. The van der Waals surface area contributed by atoms with Gasteiger partial charge in [0.2, 0.25) is 0 Å². The van der Waals surface area contributed by atoms with Gasteiger partial charge in [0.1, 0.15) is 16.0 Å². The lowest BCUT2D eigenvalue weighted by molar-refractivity contribution is 0.0956. The highest BCUT2D eigenvalue weighted by molar-refractivity contribution is 7.94. The van der Waals surface area contributed by atoms with Crippen molar-refractivity contribution >= 4 is 39.2 Å². The average molecular weight is 428 g/mol. The first-order valence-corrected chi connectivity index (χ1v) is 10.7. The van der Waals surface area contributed by atoms with Crippen molar-refractivity contribution in [1.82, 2.24) is 9.99 Å². The van der Waals surface area contributed by atoms with Crippen molar-refractivity contribution < 1.29 is 13.2 Å². The Morgan fingerprint density at radius 1 is 1.28 bits per heavy atom. The molecule has 0 unspecified atom stereocenters. The van der Waals surface area contributed by atoms with Crippen LogP contribution in [0.15, 0.2) is 57.2 Å². The molecule has 0 bridgehead atoms. The van der Waals surface area contributed by atoms with Gasteiger partial charge in [-0.2, -0.15) is 10.4 Å². The Labute approximate surface area is 172 Å². The minimum absolute atomic E-state index is 0.132. The summed E-state index contributed by atoms with van der Waals surface area (Å²) in [5.41, 5.74) is 4.66. The number of carbonyl (C=O) groups is 1. The van der Waals surface area contributed by atoms with Crippen molar-refractivity contribution in [3.05, 3.63) is 70.4 Å². The molecule has 0 atom stereocenters. The third kappa shape index (κ3) is 4.37. The van der Waals surface area contributed by atoms with Gasteiger partial charge in [0, 0.05) is 18.3 Å². The standard InChI is InChI=1S/C19H17N5O3S2/c1-13-14(10-15(11-20)24(13)2)12-21-22-19(25)16-6-3-4-7-17(16)23-29(26,27)18-8-5-9-28-18/h3-10,12,23H,1-2H3,(H,22,25)/b21-12-. The zero-order chi connectivity index (χ0) is 21.0. The first-order chi connectivity index (χ1) is 13.8. The first kappa shape index (κ1) is 20.3. The predicted octanol–water partition coefficient (Wildman–Crippen LogP) is 2.83. The molecule has 0 fully saturated rings. The summed E-state index contributed by atoms with van der Waals surface area (Å²) in [5.74, 6) is -0.570. The Kier molecular flexibility index (Phi) is 5.81. The fourth-order valence-corrected chi connectivity index (χ4v) is 4.64. The van der Waals surface area contributed by atoms with Crippen LogP contribution < -0.4 is 10.1 Å². The number of nitrogens with one attached hydrogen (secondary N) is 2. The highest BCUT2D eigenvalue weighted by Crippen LogP contribution is 2.22. The van der Waals surface area contributed by atoms with Crippen LogP contribution in [-0.4, -0.2) is 25.1 Å². The number of rotatable bonds is 6. The van der Waals surface area contributed by atoms with Crippen molar-refractivity contribution in [3.8, 4) is 6.07 Å². The van der Waals surface area contributed by atoms with Gasteiger partial charge in [0.25, 0.3) is 15.9 Å². The van der Waals surface area contributed by atoms with Gasteiger partial charge in [-0.05, 0) is 36.6 Å². The quantitative estimate of drug-likeness (QED) is 0.465. The molecular formula is C19H17N5O3S2. The van der Waals surface area contributed by atoms with E-state index in [1.165, 1.54) is 24.4 Å². The maximum absolute atomic E-state index is 12.5. The largest absolute Gasteiger partial charge is 0.339 e. The Balaban J connectivity index is 1.78. The van der Waals surface area contributed by atoms with Crippen LogP contribution in [0.4, 0.5) is 5.69 Å². The second kappa shape index (κ2) is 8.30. The van der Waals surface area contributed by atoms with Crippen LogP contribution in [0.5, 0.6) is 0 Å². The Morgan fingerprint density at radius 3 is 2.69 bits per heavy atom. The Morgan fingerprint density at radius 2 is 2.03 bits per heavy atom. The topological polar surface area (TPSA) is 116 Å². The third-order valence-electron chi connectivity index (χ3n) is 4.23. The molecule has 0 aliphatic carbocycles. The molecule has 0 saturated carbocycles. The number of para-hydroxylation sites is 1. The number of hydrogen-bond donors (Lipinski definition) is 2. The van der Waals surface area contributed by atoms with Gasteiger partial charge < -0.3 is 4.57 Å². The maximum Gasteiger partial charge on any atom is 0.273 e. The van der Waals surface area contributed by atoms with E-state index in [1.54, 1.807) is 41.3 Å². The summed E-state index contributed by atoms with van der Waals surface area (Å²) in [7, 11) is -2.02. The van der Waals surface area contributed by atoms with Crippen LogP contribution in [0, 0.1) is 18.3 Å². The molecule has 2 heterocycles. The molecular weight excluding hydrogens is 410 g/mol. The summed E-state index contributed by atoms with van der Waals surface area (Å²) in [6.07, 6.45) is 1.44. The average Bonchev–Trinajstić information content (AvgIpc) is 3.33. The van der Waals surface area contributed by atoms with Gasteiger partial charge in [-0.3, -0.25) is 9.52 Å². The molecule has 148 valence electrons.